The molecule has 0 aromatic carbocycles. The second kappa shape index (κ2) is 6.37. The van der Waals surface area contributed by atoms with Crippen LogP contribution in [0.5, 0.6) is 0 Å². The number of aromatic nitrogens is 2. The van der Waals surface area contributed by atoms with Crippen molar-refractivity contribution < 1.29 is 14.4 Å². The van der Waals surface area contributed by atoms with Crippen molar-refractivity contribution in [3.63, 3.8) is 0 Å². The first-order valence-electron chi connectivity index (χ1n) is 5.04. The lowest BCUT2D eigenvalue weighted by atomic mass is 10.5. The third-order valence-electron chi connectivity index (χ3n) is 1.95. The van der Waals surface area contributed by atoms with Gasteiger partial charge in [-0.25, -0.2) is 0 Å². The standard InChI is InChI=1S/C9H15N3O3S/c1-3-12(4-2)9-10-7(15-11-9)5-16-6-8(13)14/h3-6H2,1-2H3,(H,13,14). The highest BCUT2D eigenvalue weighted by Crippen LogP contribution is 2.14. The number of thioether (sulfide) groups is 1. The summed E-state index contributed by atoms with van der Waals surface area (Å²) >= 11 is 1.24. The number of carbonyl (C=O) groups is 1. The lowest BCUT2D eigenvalue weighted by Crippen LogP contribution is -2.22. The second-order valence-corrected chi connectivity index (χ2v) is 4.03. The molecule has 0 unspecified atom stereocenters. The summed E-state index contributed by atoms with van der Waals surface area (Å²) in [7, 11) is 0. The minimum Gasteiger partial charge on any atom is -0.481 e. The average molecular weight is 245 g/mol. The van der Waals surface area contributed by atoms with Crippen LogP contribution in [0.4, 0.5) is 5.95 Å². The topological polar surface area (TPSA) is 79.5 Å². The number of anilines is 1. The summed E-state index contributed by atoms with van der Waals surface area (Å²) in [5.74, 6) is 0.668. The molecule has 6 nitrogen and oxygen atoms in total. The molecule has 0 atom stereocenters. The van der Waals surface area contributed by atoms with Gasteiger partial charge in [0.2, 0.25) is 5.89 Å². The van der Waals surface area contributed by atoms with E-state index in [1.807, 2.05) is 18.7 Å². The summed E-state index contributed by atoms with van der Waals surface area (Å²) < 4.78 is 5.01. The van der Waals surface area contributed by atoms with Crippen molar-refractivity contribution >= 4 is 23.7 Å². The van der Waals surface area contributed by atoms with Gasteiger partial charge in [-0.05, 0) is 19.0 Å². The minimum atomic E-state index is -0.839. The quantitative estimate of drug-likeness (QED) is 0.774. The molecular formula is C9H15N3O3S. The molecule has 0 aliphatic carbocycles. The molecule has 16 heavy (non-hydrogen) atoms. The minimum absolute atomic E-state index is 0.0446. The highest BCUT2D eigenvalue weighted by Gasteiger charge is 2.11. The smallest absolute Gasteiger partial charge is 0.313 e. The molecule has 0 saturated carbocycles. The van der Waals surface area contributed by atoms with Gasteiger partial charge in [-0.15, -0.1) is 11.8 Å². The van der Waals surface area contributed by atoms with E-state index in [4.69, 9.17) is 9.63 Å². The summed E-state index contributed by atoms with van der Waals surface area (Å²) in [5.41, 5.74) is 0. The zero-order chi connectivity index (χ0) is 12.0. The Kier molecular flexibility index (Phi) is 5.10. The Morgan fingerprint density at radius 2 is 2.19 bits per heavy atom. The Hall–Kier alpha value is -1.24. The fraction of sp³-hybridized carbons (Fsp3) is 0.667. The summed E-state index contributed by atoms with van der Waals surface area (Å²) in [5, 5.41) is 12.3. The molecule has 1 rings (SSSR count). The lowest BCUT2D eigenvalue weighted by Gasteiger charge is -2.14. The largest absolute Gasteiger partial charge is 0.481 e. The Morgan fingerprint density at radius 1 is 1.50 bits per heavy atom. The Bertz CT molecular complexity index is 338. The third kappa shape index (κ3) is 3.73. The van der Waals surface area contributed by atoms with E-state index in [1.54, 1.807) is 0 Å². The molecule has 1 N–H and O–H groups in total. The van der Waals surface area contributed by atoms with Gasteiger partial charge in [-0.2, -0.15) is 4.98 Å². The molecule has 1 heterocycles. The van der Waals surface area contributed by atoms with Crippen LogP contribution in [-0.4, -0.2) is 40.1 Å². The van der Waals surface area contributed by atoms with Crippen LogP contribution in [0.15, 0.2) is 4.52 Å². The van der Waals surface area contributed by atoms with E-state index in [9.17, 15) is 4.79 Å². The van der Waals surface area contributed by atoms with E-state index in [1.165, 1.54) is 11.8 Å². The van der Waals surface area contributed by atoms with E-state index in [0.29, 0.717) is 17.6 Å². The molecule has 7 heteroatoms. The summed E-state index contributed by atoms with van der Waals surface area (Å²) in [6.07, 6.45) is 0. The van der Waals surface area contributed by atoms with Crippen LogP contribution in [0.2, 0.25) is 0 Å². The predicted molar refractivity (Wildman–Crippen MR) is 61.7 cm³/mol. The SMILES string of the molecule is CCN(CC)c1noc(CSCC(=O)O)n1. The molecule has 0 spiro atoms. The average Bonchev–Trinajstić information content (AvgIpc) is 2.68. The highest BCUT2D eigenvalue weighted by atomic mass is 32.2. The van der Waals surface area contributed by atoms with Gasteiger partial charge in [0.1, 0.15) is 0 Å². The van der Waals surface area contributed by atoms with Crippen molar-refractivity contribution in [2.45, 2.75) is 19.6 Å². The Morgan fingerprint density at radius 3 is 2.75 bits per heavy atom. The van der Waals surface area contributed by atoms with Gasteiger partial charge in [-0.3, -0.25) is 4.79 Å². The van der Waals surface area contributed by atoms with Crippen molar-refractivity contribution in [2.75, 3.05) is 23.7 Å². The number of hydrogen-bond acceptors (Lipinski definition) is 6. The van der Waals surface area contributed by atoms with Crippen LogP contribution >= 0.6 is 11.8 Å². The van der Waals surface area contributed by atoms with E-state index in [0.717, 1.165) is 13.1 Å². The zero-order valence-corrected chi connectivity index (χ0v) is 10.2. The number of hydrogen-bond donors (Lipinski definition) is 1. The second-order valence-electron chi connectivity index (χ2n) is 3.05. The van der Waals surface area contributed by atoms with E-state index < -0.39 is 5.97 Å². The van der Waals surface area contributed by atoms with Gasteiger partial charge in [-0.1, -0.05) is 0 Å². The number of aliphatic carboxylic acids is 1. The van der Waals surface area contributed by atoms with Gasteiger partial charge in [0.15, 0.2) is 0 Å². The van der Waals surface area contributed by atoms with Crippen LogP contribution in [0, 0.1) is 0 Å². The van der Waals surface area contributed by atoms with Crippen LogP contribution in [0.3, 0.4) is 0 Å². The van der Waals surface area contributed by atoms with Crippen LogP contribution < -0.4 is 4.90 Å². The van der Waals surface area contributed by atoms with Crippen molar-refractivity contribution in [1.29, 1.82) is 0 Å². The number of carboxylic acids is 1. The molecule has 0 radical (unpaired) electrons. The monoisotopic (exact) mass is 245 g/mol. The predicted octanol–water partition coefficient (Wildman–Crippen LogP) is 1.23. The molecule has 90 valence electrons. The molecule has 1 aromatic rings. The fourth-order valence-corrected chi connectivity index (χ4v) is 1.73. The first kappa shape index (κ1) is 12.8. The van der Waals surface area contributed by atoms with Gasteiger partial charge in [0, 0.05) is 13.1 Å². The third-order valence-corrected chi connectivity index (χ3v) is 2.86. The normalized spacial score (nSPS) is 10.4. The lowest BCUT2D eigenvalue weighted by molar-refractivity contribution is -0.133. The molecule has 0 amide bonds. The first-order chi connectivity index (χ1) is 7.67. The number of rotatable bonds is 7. The summed E-state index contributed by atoms with van der Waals surface area (Å²) in [4.78, 5) is 16.5. The van der Waals surface area contributed by atoms with E-state index in [-0.39, 0.29) is 5.75 Å². The van der Waals surface area contributed by atoms with Crippen molar-refractivity contribution in [3.05, 3.63) is 5.89 Å². The van der Waals surface area contributed by atoms with Gasteiger partial charge in [0.25, 0.3) is 5.95 Å². The summed E-state index contributed by atoms with van der Waals surface area (Å²) in [6, 6.07) is 0. The Balaban J connectivity index is 2.47. The maximum atomic E-state index is 10.3. The van der Waals surface area contributed by atoms with Crippen molar-refractivity contribution in [2.24, 2.45) is 0 Å². The van der Waals surface area contributed by atoms with Crippen LogP contribution in [-0.2, 0) is 10.5 Å². The van der Waals surface area contributed by atoms with Crippen molar-refractivity contribution in [1.82, 2.24) is 10.1 Å². The zero-order valence-electron chi connectivity index (χ0n) is 9.34. The molecule has 0 fully saturated rings. The maximum absolute atomic E-state index is 10.3. The highest BCUT2D eigenvalue weighted by molar-refractivity contribution is 7.99. The molecule has 0 saturated heterocycles. The van der Waals surface area contributed by atoms with Gasteiger partial charge >= 0.3 is 5.97 Å². The van der Waals surface area contributed by atoms with Gasteiger partial charge in [0.05, 0.1) is 11.5 Å². The Labute approximate surface area is 98.0 Å². The number of carboxylic acid groups (broad SMARTS) is 1. The molecule has 0 aliphatic heterocycles. The molecule has 1 aromatic heterocycles. The molecule has 0 aliphatic rings. The maximum Gasteiger partial charge on any atom is 0.313 e. The molecule has 0 bridgehead atoms. The van der Waals surface area contributed by atoms with Crippen LogP contribution in [0.25, 0.3) is 0 Å². The van der Waals surface area contributed by atoms with Gasteiger partial charge < -0.3 is 14.5 Å². The number of nitrogens with zero attached hydrogens (tertiary/aromatic N) is 3. The molecular weight excluding hydrogens is 230 g/mol. The van der Waals surface area contributed by atoms with E-state index in [2.05, 4.69) is 10.1 Å². The van der Waals surface area contributed by atoms with Crippen LogP contribution in [0.1, 0.15) is 19.7 Å². The first-order valence-corrected chi connectivity index (χ1v) is 6.19. The van der Waals surface area contributed by atoms with E-state index >= 15 is 0 Å². The fourth-order valence-electron chi connectivity index (χ4n) is 1.17. The summed E-state index contributed by atoms with van der Waals surface area (Å²) in [6.45, 7) is 5.66. The van der Waals surface area contributed by atoms with Crippen molar-refractivity contribution in [3.8, 4) is 0 Å².